The molecule has 8 heteroatoms. The van der Waals surface area contributed by atoms with Gasteiger partial charge in [0.2, 0.25) is 0 Å². The van der Waals surface area contributed by atoms with Crippen LogP contribution in [-0.2, 0) is 0 Å². The molecule has 1 unspecified atom stereocenters. The Balaban J connectivity index is 1.74. The lowest BCUT2D eigenvalue weighted by molar-refractivity contribution is -0.182. The topological polar surface area (TPSA) is 68.3 Å². The highest BCUT2D eigenvalue weighted by Crippen LogP contribution is 2.43. The molecule has 0 radical (unpaired) electrons. The van der Waals surface area contributed by atoms with E-state index in [-0.39, 0.29) is 18.8 Å². The average molecular weight is 422 g/mol. The SMILES string of the molecule is CCC(Oc1ccc(C#N)c(OC)c1)c1oc(C2CCC(C(F)(F)F)CC2)nc1C. The van der Waals surface area contributed by atoms with Crippen molar-refractivity contribution in [3.63, 3.8) is 0 Å². The summed E-state index contributed by atoms with van der Waals surface area (Å²) >= 11 is 0. The molecule has 1 heterocycles. The highest BCUT2D eigenvalue weighted by Gasteiger charge is 2.42. The van der Waals surface area contributed by atoms with Gasteiger partial charge in [-0.25, -0.2) is 4.98 Å². The van der Waals surface area contributed by atoms with Gasteiger partial charge >= 0.3 is 6.18 Å². The summed E-state index contributed by atoms with van der Waals surface area (Å²) in [5.41, 5.74) is 1.08. The molecule has 0 amide bonds. The number of nitriles is 1. The number of hydrogen-bond acceptors (Lipinski definition) is 5. The second-order valence-electron chi connectivity index (χ2n) is 7.58. The molecule has 3 rings (SSSR count). The van der Waals surface area contributed by atoms with Gasteiger partial charge < -0.3 is 13.9 Å². The van der Waals surface area contributed by atoms with E-state index in [0.29, 0.717) is 53.7 Å². The van der Waals surface area contributed by atoms with E-state index < -0.39 is 18.2 Å². The quantitative estimate of drug-likeness (QED) is 0.552. The van der Waals surface area contributed by atoms with Crippen LogP contribution in [0.4, 0.5) is 13.2 Å². The average Bonchev–Trinajstić information content (AvgIpc) is 3.12. The molecule has 30 heavy (non-hydrogen) atoms. The van der Waals surface area contributed by atoms with Crippen molar-refractivity contribution in [2.45, 2.75) is 64.1 Å². The van der Waals surface area contributed by atoms with Gasteiger partial charge in [-0.05, 0) is 51.2 Å². The maximum absolute atomic E-state index is 12.9. The third-order valence-electron chi connectivity index (χ3n) is 5.62. The summed E-state index contributed by atoms with van der Waals surface area (Å²) in [6.45, 7) is 3.76. The van der Waals surface area contributed by atoms with Gasteiger partial charge in [-0.1, -0.05) is 6.92 Å². The molecule has 1 aromatic carbocycles. The van der Waals surface area contributed by atoms with Crippen LogP contribution >= 0.6 is 0 Å². The van der Waals surface area contributed by atoms with Crippen molar-refractivity contribution in [1.82, 2.24) is 4.98 Å². The third kappa shape index (κ3) is 4.72. The molecule has 1 aliphatic rings. The van der Waals surface area contributed by atoms with Gasteiger partial charge in [-0.2, -0.15) is 18.4 Å². The van der Waals surface area contributed by atoms with E-state index >= 15 is 0 Å². The van der Waals surface area contributed by atoms with E-state index in [4.69, 9.17) is 19.2 Å². The van der Waals surface area contributed by atoms with Crippen LogP contribution in [0.5, 0.6) is 11.5 Å². The Morgan fingerprint density at radius 2 is 1.97 bits per heavy atom. The van der Waals surface area contributed by atoms with Crippen LogP contribution in [0.3, 0.4) is 0 Å². The second kappa shape index (κ2) is 8.99. The number of halogens is 3. The zero-order chi connectivity index (χ0) is 21.9. The van der Waals surface area contributed by atoms with Crippen molar-refractivity contribution >= 4 is 0 Å². The van der Waals surface area contributed by atoms with Gasteiger partial charge in [0.15, 0.2) is 17.8 Å². The molecule has 162 valence electrons. The fourth-order valence-electron chi connectivity index (χ4n) is 3.89. The van der Waals surface area contributed by atoms with Crippen LogP contribution in [-0.4, -0.2) is 18.3 Å². The van der Waals surface area contributed by atoms with Gasteiger partial charge in [-0.15, -0.1) is 0 Å². The van der Waals surface area contributed by atoms with E-state index in [1.165, 1.54) is 7.11 Å². The first-order chi connectivity index (χ1) is 14.3. The van der Waals surface area contributed by atoms with Gasteiger partial charge in [0.25, 0.3) is 0 Å². The van der Waals surface area contributed by atoms with E-state index in [1.54, 1.807) is 18.2 Å². The molecule has 1 saturated carbocycles. The number of rotatable bonds is 6. The number of oxazole rings is 1. The Bertz CT molecular complexity index is 909. The number of nitrogens with zero attached hydrogens (tertiary/aromatic N) is 2. The highest BCUT2D eigenvalue weighted by atomic mass is 19.4. The van der Waals surface area contributed by atoms with Crippen LogP contribution < -0.4 is 9.47 Å². The van der Waals surface area contributed by atoms with Crippen molar-refractivity contribution in [2.24, 2.45) is 5.92 Å². The van der Waals surface area contributed by atoms with Gasteiger partial charge in [0, 0.05) is 12.0 Å². The predicted molar refractivity (Wildman–Crippen MR) is 103 cm³/mol. The fourth-order valence-corrected chi connectivity index (χ4v) is 3.89. The third-order valence-corrected chi connectivity index (χ3v) is 5.62. The molecule has 1 fully saturated rings. The van der Waals surface area contributed by atoms with Crippen LogP contribution in [0.1, 0.15) is 74.0 Å². The van der Waals surface area contributed by atoms with Crippen LogP contribution in [0.15, 0.2) is 22.6 Å². The first kappa shape index (κ1) is 22.0. The number of methoxy groups -OCH3 is 1. The van der Waals surface area contributed by atoms with E-state index in [1.807, 2.05) is 13.8 Å². The van der Waals surface area contributed by atoms with Crippen molar-refractivity contribution in [3.8, 4) is 17.6 Å². The highest BCUT2D eigenvalue weighted by molar-refractivity contribution is 5.47. The standard InChI is InChI=1S/C22H25F3N2O3/c1-4-18(29-17-10-7-15(12-26)19(11-17)28-3)20-13(2)27-21(30-20)14-5-8-16(9-6-14)22(23,24)25/h7,10-11,14,16,18H,4-6,8-9H2,1-3H3. The number of hydrogen-bond donors (Lipinski definition) is 0. The molecule has 2 aromatic rings. The number of aryl methyl sites for hydroxylation is 1. The molecular formula is C22H25F3N2O3. The van der Waals surface area contributed by atoms with Crippen molar-refractivity contribution in [1.29, 1.82) is 5.26 Å². The number of benzene rings is 1. The van der Waals surface area contributed by atoms with E-state index in [2.05, 4.69) is 11.1 Å². The Morgan fingerprint density at radius 1 is 1.27 bits per heavy atom. The molecule has 1 aliphatic carbocycles. The smallest absolute Gasteiger partial charge is 0.391 e. The van der Waals surface area contributed by atoms with E-state index in [9.17, 15) is 13.2 Å². The minimum Gasteiger partial charge on any atom is -0.495 e. The first-order valence-electron chi connectivity index (χ1n) is 10.1. The summed E-state index contributed by atoms with van der Waals surface area (Å²) in [4.78, 5) is 4.50. The minimum atomic E-state index is -4.13. The first-order valence-corrected chi connectivity index (χ1v) is 10.1. The minimum absolute atomic E-state index is 0.101. The molecule has 1 atom stereocenters. The molecule has 5 nitrogen and oxygen atoms in total. The summed E-state index contributed by atoms with van der Waals surface area (Å²) in [6, 6.07) is 7.01. The van der Waals surface area contributed by atoms with Crippen LogP contribution in [0, 0.1) is 24.2 Å². The molecule has 0 N–H and O–H groups in total. The monoisotopic (exact) mass is 422 g/mol. The van der Waals surface area contributed by atoms with E-state index in [0.717, 1.165) is 0 Å². The number of aromatic nitrogens is 1. The molecule has 0 bridgehead atoms. The van der Waals surface area contributed by atoms with Gasteiger partial charge in [0.1, 0.15) is 17.6 Å². The summed E-state index contributed by atoms with van der Waals surface area (Å²) < 4.78 is 56.0. The van der Waals surface area contributed by atoms with Crippen LogP contribution in [0.25, 0.3) is 0 Å². The predicted octanol–water partition coefficient (Wildman–Crippen LogP) is 6.23. The Hall–Kier alpha value is -2.69. The second-order valence-corrected chi connectivity index (χ2v) is 7.58. The lowest BCUT2D eigenvalue weighted by Gasteiger charge is -2.28. The van der Waals surface area contributed by atoms with Crippen molar-refractivity contribution < 1.29 is 27.1 Å². The number of ether oxygens (including phenoxy) is 2. The summed E-state index contributed by atoms with van der Waals surface area (Å²) in [7, 11) is 1.48. The van der Waals surface area contributed by atoms with Gasteiger partial charge in [0.05, 0.1) is 24.3 Å². The maximum atomic E-state index is 12.9. The largest absolute Gasteiger partial charge is 0.495 e. The van der Waals surface area contributed by atoms with Gasteiger partial charge in [-0.3, -0.25) is 0 Å². The normalized spacial score (nSPS) is 20.4. The molecular weight excluding hydrogens is 397 g/mol. The Labute approximate surface area is 173 Å². The Morgan fingerprint density at radius 3 is 2.53 bits per heavy atom. The Kier molecular flexibility index (Phi) is 6.59. The molecule has 1 aromatic heterocycles. The van der Waals surface area contributed by atoms with Crippen molar-refractivity contribution in [2.75, 3.05) is 7.11 Å². The molecule has 0 aliphatic heterocycles. The number of alkyl halides is 3. The summed E-state index contributed by atoms with van der Waals surface area (Å²) in [5.74, 6) is 0.671. The molecule has 0 spiro atoms. The maximum Gasteiger partial charge on any atom is 0.391 e. The zero-order valence-corrected chi connectivity index (χ0v) is 17.3. The lowest BCUT2D eigenvalue weighted by atomic mass is 9.81. The summed E-state index contributed by atoms with van der Waals surface area (Å²) in [6.07, 6.45) is -2.91. The molecule has 0 saturated heterocycles. The lowest BCUT2D eigenvalue weighted by Crippen LogP contribution is -2.27. The fraction of sp³-hybridized carbons (Fsp3) is 0.545. The zero-order valence-electron chi connectivity index (χ0n) is 17.3. The summed E-state index contributed by atoms with van der Waals surface area (Å²) in [5, 5.41) is 9.11. The van der Waals surface area contributed by atoms with Crippen molar-refractivity contribution in [3.05, 3.63) is 41.1 Å². The van der Waals surface area contributed by atoms with Crippen LogP contribution in [0.2, 0.25) is 0 Å².